The van der Waals surface area contributed by atoms with Gasteiger partial charge in [-0.1, -0.05) is 25.1 Å². The number of hydrazone groups is 1. The Bertz CT molecular complexity index is 1300. The monoisotopic (exact) mass is 488 g/mol. The normalized spacial score (nSPS) is 11.3. The Morgan fingerprint density at radius 1 is 1.09 bits per heavy atom. The molecule has 1 heterocycles. The molecule has 0 bridgehead atoms. The van der Waals surface area contributed by atoms with Crippen LogP contribution in [0.1, 0.15) is 18.9 Å². The summed E-state index contributed by atoms with van der Waals surface area (Å²) in [6, 6.07) is 24.3. The van der Waals surface area contributed by atoms with E-state index < -0.39 is 0 Å². The van der Waals surface area contributed by atoms with Gasteiger partial charge in [-0.25, -0.2) is 5.43 Å². The van der Waals surface area contributed by atoms with Crippen molar-refractivity contribution in [2.45, 2.75) is 18.5 Å². The van der Waals surface area contributed by atoms with Gasteiger partial charge in [-0.3, -0.25) is 4.79 Å². The van der Waals surface area contributed by atoms with Gasteiger partial charge in [0.15, 0.2) is 0 Å². The molecule has 4 aromatic rings. The number of nitrogens with one attached hydrogen (secondary N) is 2. The minimum absolute atomic E-state index is 0.135. The molecule has 0 radical (unpaired) electrons. The Labute approximate surface area is 207 Å². The number of aromatic amines is 1. The van der Waals surface area contributed by atoms with Crippen LogP contribution in [-0.4, -0.2) is 39.8 Å². The van der Waals surface area contributed by atoms with Gasteiger partial charge < -0.3 is 9.84 Å². The molecule has 0 spiro atoms. The van der Waals surface area contributed by atoms with Crippen molar-refractivity contribution in [1.29, 1.82) is 0 Å². The Hall–Kier alpha value is -4.11. The summed E-state index contributed by atoms with van der Waals surface area (Å²) in [6.45, 7) is 1.96. The number of methoxy groups -OCH3 is 1. The molecule has 0 atom stereocenters. The molecule has 178 valence electrons. The van der Waals surface area contributed by atoms with E-state index in [2.05, 4.69) is 20.7 Å². The molecule has 0 aliphatic heterocycles. The third kappa shape index (κ3) is 5.88. The van der Waals surface area contributed by atoms with Gasteiger partial charge in [-0.05, 0) is 84.4 Å². The molecule has 8 nitrogen and oxygen atoms in total. The molecule has 0 saturated heterocycles. The maximum absolute atomic E-state index is 12.6. The third-order valence-corrected chi connectivity index (χ3v) is 6.17. The second kappa shape index (κ2) is 11.3. The third-order valence-electron chi connectivity index (χ3n) is 5.23. The van der Waals surface area contributed by atoms with Crippen molar-refractivity contribution >= 4 is 23.4 Å². The lowest BCUT2D eigenvalue weighted by Gasteiger charge is -2.06. The number of hydrogen-bond donors (Lipinski definition) is 3. The number of aromatic nitrogens is 3. The number of rotatable bonds is 9. The summed E-state index contributed by atoms with van der Waals surface area (Å²) in [4.78, 5) is 12.6. The molecule has 0 aliphatic rings. The average molecular weight is 489 g/mol. The van der Waals surface area contributed by atoms with Crippen LogP contribution in [0.4, 0.5) is 0 Å². The first-order valence-corrected chi connectivity index (χ1v) is 12.1. The summed E-state index contributed by atoms with van der Waals surface area (Å²) in [5, 5.41) is 22.0. The Morgan fingerprint density at radius 3 is 2.46 bits per heavy atom. The second-order valence-electron chi connectivity index (χ2n) is 7.54. The van der Waals surface area contributed by atoms with E-state index in [0.29, 0.717) is 11.6 Å². The number of hydrogen-bond acceptors (Lipinski definition) is 6. The maximum Gasteiger partial charge on any atom is 0.342 e. The zero-order valence-electron chi connectivity index (χ0n) is 19.4. The number of H-pyrrole nitrogens is 1. The van der Waals surface area contributed by atoms with Crippen LogP contribution in [0.3, 0.4) is 0 Å². The van der Waals surface area contributed by atoms with Crippen LogP contribution in [0, 0.1) is 0 Å². The molecule has 0 saturated carbocycles. The zero-order chi connectivity index (χ0) is 24.6. The second-order valence-corrected chi connectivity index (χ2v) is 8.48. The topological polar surface area (TPSA) is 103 Å². The standard InChI is InChI=1S/C26H25N5O3S/c1-3-23(18-9-13-21(32)14-10-18)27-28-24(33)17-35-26-30-29-25(19-11-15-22(34-2)16-12-19)31(26)20-7-5-4-6-8-20/h4-16H,3,17H2,1-2H3,(H2,27,28,32,33)/p+1. The molecule has 0 aliphatic carbocycles. The summed E-state index contributed by atoms with van der Waals surface area (Å²) in [5.41, 5.74) is 6.06. The largest absolute Gasteiger partial charge is 0.508 e. The maximum atomic E-state index is 12.6. The van der Waals surface area contributed by atoms with Gasteiger partial charge in [0, 0.05) is 0 Å². The molecule has 35 heavy (non-hydrogen) atoms. The Kier molecular flexibility index (Phi) is 7.79. The van der Waals surface area contributed by atoms with Gasteiger partial charge in [-0.2, -0.15) is 9.67 Å². The fourth-order valence-corrected chi connectivity index (χ4v) is 4.21. The Morgan fingerprint density at radius 2 is 1.80 bits per heavy atom. The molecule has 9 heteroatoms. The number of nitrogens with zero attached hydrogens (tertiary/aromatic N) is 3. The fourth-order valence-electron chi connectivity index (χ4n) is 3.45. The molecule has 3 aromatic carbocycles. The van der Waals surface area contributed by atoms with Gasteiger partial charge in [0.05, 0.1) is 29.2 Å². The van der Waals surface area contributed by atoms with Crippen LogP contribution in [0.2, 0.25) is 0 Å². The number of benzene rings is 3. The van der Waals surface area contributed by atoms with E-state index in [1.165, 1.54) is 11.8 Å². The van der Waals surface area contributed by atoms with Gasteiger partial charge in [0.1, 0.15) is 17.2 Å². The number of phenolic OH excluding ortho intramolecular Hbond substituents is 1. The predicted molar refractivity (Wildman–Crippen MR) is 136 cm³/mol. The minimum atomic E-state index is -0.242. The van der Waals surface area contributed by atoms with E-state index in [9.17, 15) is 9.90 Å². The van der Waals surface area contributed by atoms with Crippen LogP contribution < -0.4 is 14.7 Å². The first kappa shape index (κ1) is 24.0. The molecule has 3 N–H and O–H groups in total. The number of phenols is 1. The number of para-hydroxylation sites is 1. The number of amides is 1. The molecule has 1 aromatic heterocycles. The highest BCUT2D eigenvalue weighted by molar-refractivity contribution is 7.99. The van der Waals surface area contributed by atoms with Crippen molar-refractivity contribution in [3.8, 4) is 28.6 Å². The van der Waals surface area contributed by atoms with Crippen molar-refractivity contribution in [2.75, 3.05) is 12.9 Å². The van der Waals surface area contributed by atoms with Crippen molar-refractivity contribution in [1.82, 2.24) is 15.6 Å². The molecular weight excluding hydrogens is 462 g/mol. The number of thioether (sulfide) groups is 1. The highest BCUT2D eigenvalue weighted by Crippen LogP contribution is 2.22. The summed E-state index contributed by atoms with van der Waals surface area (Å²) in [5.74, 6) is 1.64. The zero-order valence-corrected chi connectivity index (χ0v) is 20.2. The minimum Gasteiger partial charge on any atom is -0.508 e. The number of carbonyl (C=O) groups is 1. The number of aromatic hydroxyl groups is 1. The van der Waals surface area contributed by atoms with E-state index in [-0.39, 0.29) is 17.4 Å². The molecule has 0 unspecified atom stereocenters. The highest BCUT2D eigenvalue weighted by atomic mass is 32.2. The van der Waals surface area contributed by atoms with Crippen molar-refractivity contribution in [3.05, 3.63) is 84.4 Å². The summed E-state index contributed by atoms with van der Waals surface area (Å²) >= 11 is 1.31. The lowest BCUT2D eigenvalue weighted by atomic mass is 10.1. The molecular formula is C26H26N5O3S+. The van der Waals surface area contributed by atoms with E-state index in [4.69, 9.17) is 4.74 Å². The first-order valence-electron chi connectivity index (χ1n) is 11.1. The highest BCUT2D eigenvalue weighted by Gasteiger charge is 2.24. The SMILES string of the molecule is CC/C(=N/NC(=O)CSc1n[nH]c(-c2ccc(OC)cc2)[n+]1-c1ccccc1)c1ccc(O)cc1. The Balaban J connectivity index is 1.52. The van der Waals surface area contributed by atoms with Gasteiger partial charge in [0.25, 0.3) is 11.7 Å². The average Bonchev–Trinajstić information content (AvgIpc) is 3.33. The van der Waals surface area contributed by atoms with Crippen molar-refractivity contribution in [3.63, 3.8) is 0 Å². The van der Waals surface area contributed by atoms with E-state index >= 15 is 0 Å². The smallest absolute Gasteiger partial charge is 0.342 e. The predicted octanol–water partition coefficient (Wildman–Crippen LogP) is 4.09. The molecule has 1 amide bonds. The summed E-state index contributed by atoms with van der Waals surface area (Å²) in [6.07, 6.45) is 0.636. The van der Waals surface area contributed by atoms with E-state index in [0.717, 1.165) is 34.1 Å². The van der Waals surface area contributed by atoms with Gasteiger partial charge in [-0.15, -0.1) is 5.10 Å². The number of carbonyl (C=O) groups excluding carboxylic acids is 1. The van der Waals surface area contributed by atoms with Crippen LogP contribution >= 0.6 is 11.8 Å². The summed E-state index contributed by atoms with van der Waals surface area (Å²) < 4.78 is 7.25. The number of ether oxygens (including phenoxy) is 1. The lowest BCUT2D eigenvalue weighted by molar-refractivity contribution is -0.625. The molecule has 0 fully saturated rings. The quantitative estimate of drug-likeness (QED) is 0.143. The fraction of sp³-hybridized carbons (Fsp3) is 0.154. The van der Waals surface area contributed by atoms with Gasteiger partial charge in [0.2, 0.25) is 0 Å². The van der Waals surface area contributed by atoms with Crippen LogP contribution in [0.25, 0.3) is 17.1 Å². The van der Waals surface area contributed by atoms with Crippen LogP contribution in [0.5, 0.6) is 11.5 Å². The lowest BCUT2D eigenvalue weighted by Crippen LogP contribution is -2.34. The van der Waals surface area contributed by atoms with Crippen LogP contribution in [0.15, 0.2) is 89.1 Å². The van der Waals surface area contributed by atoms with Crippen molar-refractivity contribution < 1.29 is 19.2 Å². The van der Waals surface area contributed by atoms with Gasteiger partial charge >= 0.3 is 5.16 Å². The first-order chi connectivity index (χ1) is 17.1. The summed E-state index contributed by atoms with van der Waals surface area (Å²) in [7, 11) is 1.63. The van der Waals surface area contributed by atoms with E-state index in [1.54, 1.807) is 31.4 Å². The van der Waals surface area contributed by atoms with Crippen LogP contribution in [-0.2, 0) is 4.79 Å². The molecule has 4 rings (SSSR count). The van der Waals surface area contributed by atoms with E-state index in [1.807, 2.05) is 66.1 Å². The van der Waals surface area contributed by atoms with Crippen molar-refractivity contribution in [2.24, 2.45) is 5.10 Å².